The molecule has 1 aromatic carbocycles. The number of ether oxygens (including phenoxy) is 1. The number of halogens is 1. The molecule has 88 valence electrons. The summed E-state index contributed by atoms with van der Waals surface area (Å²) in [7, 11) is 0. The molecule has 0 aliphatic carbocycles. The average molecular weight is 341 g/mol. The summed E-state index contributed by atoms with van der Waals surface area (Å²) in [5.74, 6) is 0.403. The van der Waals surface area contributed by atoms with Crippen molar-refractivity contribution >= 4 is 22.6 Å². The van der Waals surface area contributed by atoms with Gasteiger partial charge >= 0.3 is 0 Å². The fourth-order valence-electron chi connectivity index (χ4n) is 1.49. The second-order valence-corrected chi connectivity index (χ2v) is 4.86. The molecule has 0 aliphatic rings. The number of benzene rings is 1. The Hall–Kier alpha value is -1.30. The fourth-order valence-corrected chi connectivity index (χ4v) is 1.89. The molecule has 2 rings (SSSR count). The molecule has 2 aromatic rings. The summed E-state index contributed by atoms with van der Waals surface area (Å²) in [5, 5.41) is 0. The first-order valence-corrected chi connectivity index (χ1v) is 6.31. The van der Waals surface area contributed by atoms with E-state index in [0.717, 1.165) is 11.3 Å². The van der Waals surface area contributed by atoms with E-state index in [-0.39, 0.29) is 5.43 Å². The molecule has 1 N–H and O–H groups in total. The van der Waals surface area contributed by atoms with Gasteiger partial charge in [-0.3, -0.25) is 4.79 Å². The SMILES string of the molecule is Cc1[nH]cc(I)c(=O)c1OCc1ccccc1. The van der Waals surface area contributed by atoms with Crippen molar-refractivity contribution in [1.29, 1.82) is 0 Å². The summed E-state index contributed by atoms with van der Waals surface area (Å²) < 4.78 is 6.22. The van der Waals surface area contributed by atoms with E-state index in [1.165, 1.54) is 0 Å². The highest BCUT2D eigenvalue weighted by Crippen LogP contribution is 2.13. The van der Waals surface area contributed by atoms with E-state index in [1.807, 2.05) is 59.8 Å². The first-order chi connectivity index (χ1) is 8.18. The largest absolute Gasteiger partial charge is 0.483 e. The summed E-state index contributed by atoms with van der Waals surface area (Å²) >= 11 is 2.00. The first-order valence-electron chi connectivity index (χ1n) is 5.23. The van der Waals surface area contributed by atoms with Gasteiger partial charge in [-0.05, 0) is 35.1 Å². The van der Waals surface area contributed by atoms with Gasteiger partial charge in [0.2, 0.25) is 5.43 Å². The lowest BCUT2D eigenvalue weighted by atomic mass is 10.2. The van der Waals surface area contributed by atoms with Crippen molar-refractivity contribution in [1.82, 2.24) is 4.98 Å². The predicted octanol–water partition coefficient (Wildman–Crippen LogP) is 2.87. The molecule has 0 saturated carbocycles. The van der Waals surface area contributed by atoms with Gasteiger partial charge in [0.25, 0.3) is 0 Å². The summed E-state index contributed by atoms with van der Waals surface area (Å²) in [4.78, 5) is 14.9. The molecule has 0 unspecified atom stereocenters. The molecule has 0 spiro atoms. The Kier molecular flexibility index (Phi) is 3.83. The van der Waals surface area contributed by atoms with Crippen LogP contribution in [0.5, 0.6) is 5.75 Å². The minimum absolute atomic E-state index is 0.0576. The van der Waals surface area contributed by atoms with E-state index in [0.29, 0.717) is 15.9 Å². The number of H-pyrrole nitrogens is 1. The predicted molar refractivity (Wildman–Crippen MR) is 75.3 cm³/mol. The number of hydrogen-bond acceptors (Lipinski definition) is 2. The Labute approximate surface area is 113 Å². The van der Waals surface area contributed by atoms with Crippen LogP contribution in [0, 0.1) is 10.5 Å². The van der Waals surface area contributed by atoms with E-state index in [1.54, 1.807) is 6.20 Å². The summed E-state index contributed by atoms with van der Waals surface area (Å²) in [6.45, 7) is 2.24. The quantitative estimate of drug-likeness (QED) is 0.873. The average Bonchev–Trinajstić information content (AvgIpc) is 2.35. The standard InChI is InChI=1S/C13H12INO2/c1-9-13(12(16)11(14)7-15-9)17-8-10-5-3-2-4-6-10/h2-7H,8H2,1H3,(H,15,16). The Morgan fingerprint density at radius 3 is 2.71 bits per heavy atom. The van der Waals surface area contributed by atoms with Crippen LogP contribution in [0.1, 0.15) is 11.3 Å². The second-order valence-electron chi connectivity index (χ2n) is 3.69. The number of aromatic amines is 1. The van der Waals surface area contributed by atoms with Crippen molar-refractivity contribution in [3.63, 3.8) is 0 Å². The molecule has 0 atom stereocenters. The van der Waals surface area contributed by atoms with Gasteiger partial charge < -0.3 is 9.72 Å². The number of nitrogens with one attached hydrogen (secondary N) is 1. The monoisotopic (exact) mass is 341 g/mol. The van der Waals surface area contributed by atoms with Crippen LogP contribution in [-0.4, -0.2) is 4.98 Å². The van der Waals surface area contributed by atoms with E-state index in [2.05, 4.69) is 4.98 Å². The van der Waals surface area contributed by atoms with Gasteiger partial charge in [-0.2, -0.15) is 0 Å². The number of hydrogen-bond donors (Lipinski definition) is 1. The molecule has 0 saturated heterocycles. The van der Waals surface area contributed by atoms with Crippen LogP contribution in [0.15, 0.2) is 41.3 Å². The molecule has 0 fully saturated rings. The van der Waals surface area contributed by atoms with Gasteiger partial charge in [0.15, 0.2) is 5.75 Å². The number of aromatic nitrogens is 1. The fraction of sp³-hybridized carbons (Fsp3) is 0.154. The minimum Gasteiger partial charge on any atom is -0.483 e. The van der Waals surface area contributed by atoms with Gasteiger partial charge in [0, 0.05) is 6.20 Å². The zero-order valence-electron chi connectivity index (χ0n) is 9.37. The molecular weight excluding hydrogens is 329 g/mol. The van der Waals surface area contributed by atoms with Gasteiger partial charge in [-0.25, -0.2) is 0 Å². The third-order valence-electron chi connectivity index (χ3n) is 2.41. The van der Waals surface area contributed by atoms with Gasteiger partial charge in [-0.1, -0.05) is 30.3 Å². The van der Waals surface area contributed by atoms with Crippen LogP contribution < -0.4 is 10.2 Å². The molecule has 3 nitrogen and oxygen atoms in total. The molecular formula is C13H12INO2. The van der Waals surface area contributed by atoms with Crippen LogP contribution in [0.3, 0.4) is 0 Å². The molecule has 17 heavy (non-hydrogen) atoms. The van der Waals surface area contributed by atoms with Crippen molar-refractivity contribution < 1.29 is 4.74 Å². The number of pyridine rings is 1. The van der Waals surface area contributed by atoms with E-state index in [4.69, 9.17) is 4.74 Å². The third kappa shape index (κ3) is 2.88. The summed E-state index contributed by atoms with van der Waals surface area (Å²) in [5.41, 5.74) is 1.74. The van der Waals surface area contributed by atoms with Crippen LogP contribution in [0.2, 0.25) is 0 Å². The lowest BCUT2D eigenvalue weighted by molar-refractivity contribution is 0.299. The molecule has 0 amide bonds. The maximum Gasteiger partial charge on any atom is 0.236 e. The zero-order chi connectivity index (χ0) is 12.3. The number of rotatable bonds is 3. The Morgan fingerprint density at radius 1 is 1.29 bits per heavy atom. The van der Waals surface area contributed by atoms with E-state index >= 15 is 0 Å². The highest BCUT2D eigenvalue weighted by molar-refractivity contribution is 14.1. The minimum atomic E-state index is -0.0576. The van der Waals surface area contributed by atoms with Gasteiger partial charge in [-0.15, -0.1) is 0 Å². The molecule has 1 aromatic heterocycles. The number of aryl methyl sites for hydroxylation is 1. The summed E-state index contributed by atoms with van der Waals surface area (Å²) in [6, 6.07) is 9.79. The maximum atomic E-state index is 11.9. The van der Waals surface area contributed by atoms with Crippen molar-refractivity contribution in [2.45, 2.75) is 13.5 Å². The van der Waals surface area contributed by atoms with Crippen LogP contribution in [-0.2, 0) is 6.61 Å². The molecule has 4 heteroatoms. The Bertz CT molecular complexity index is 563. The summed E-state index contributed by atoms with van der Waals surface area (Å²) in [6.07, 6.45) is 1.69. The van der Waals surface area contributed by atoms with Crippen molar-refractivity contribution in [2.24, 2.45) is 0 Å². The highest BCUT2D eigenvalue weighted by atomic mass is 127. The van der Waals surface area contributed by atoms with Gasteiger partial charge in [0.1, 0.15) is 6.61 Å². The van der Waals surface area contributed by atoms with Crippen LogP contribution >= 0.6 is 22.6 Å². The molecule has 0 radical (unpaired) electrons. The van der Waals surface area contributed by atoms with Crippen molar-refractivity contribution in [3.8, 4) is 5.75 Å². The third-order valence-corrected chi connectivity index (χ3v) is 3.21. The maximum absolute atomic E-state index is 11.9. The van der Waals surface area contributed by atoms with E-state index < -0.39 is 0 Å². The lowest BCUT2D eigenvalue weighted by Crippen LogP contribution is -2.13. The normalized spacial score (nSPS) is 10.2. The Morgan fingerprint density at radius 2 is 2.00 bits per heavy atom. The highest BCUT2D eigenvalue weighted by Gasteiger charge is 2.08. The van der Waals surface area contributed by atoms with Crippen LogP contribution in [0.4, 0.5) is 0 Å². The molecule has 0 bridgehead atoms. The van der Waals surface area contributed by atoms with Crippen molar-refractivity contribution in [3.05, 3.63) is 61.6 Å². The zero-order valence-corrected chi connectivity index (χ0v) is 11.5. The first kappa shape index (κ1) is 12.2. The van der Waals surface area contributed by atoms with E-state index in [9.17, 15) is 4.79 Å². The van der Waals surface area contributed by atoms with Crippen LogP contribution in [0.25, 0.3) is 0 Å². The topological polar surface area (TPSA) is 42.1 Å². The van der Waals surface area contributed by atoms with Crippen molar-refractivity contribution in [2.75, 3.05) is 0 Å². The lowest BCUT2D eigenvalue weighted by Gasteiger charge is -2.08. The smallest absolute Gasteiger partial charge is 0.236 e. The van der Waals surface area contributed by atoms with Gasteiger partial charge in [0.05, 0.1) is 9.26 Å². The molecule has 1 heterocycles. The second kappa shape index (κ2) is 5.35. The molecule has 0 aliphatic heterocycles. The Balaban J connectivity index is 2.20.